The van der Waals surface area contributed by atoms with Gasteiger partial charge < -0.3 is 10.1 Å². The molecular formula is C16H19NOS. The van der Waals surface area contributed by atoms with E-state index in [9.17, 15) is 0 Å². The van der Waals surface area contributed by atoms with E-state index < -0.39 is 0 Å². The van der Waals surface area contributed by atoms with Crippen molar-refractivity contribution in [1.29, 1.82) is 0 Å². The van der Waals surface area contributed by atoms with Crippen LogP contribution >= 0.6 is 11.8 Å². The van der Waals surface area contributed by atoms with Gasteiger partial charge in [-0.3, -0.25) is 0 Å². The summed E-state index contributed by atoms with van der Waals surface area (Å²) in [5.74, 6) is 5.07. The highest BCUT2D eigenvalue weighted by molar-refractivity contribution is 7.99. The molecule has 0 radical (unpaired) electrons. The predicted molar refractivity (Wildman–Crippen MR) is 81.6 cm³/mol. The summed E-state index contributed by atoms with van der Waals surface area (Å²) < 4.78 is 6.05. The molecular weight excluding hydrogens is 254 g/mol. The summed E-state index contributed by atoms with van der Waals surface area (Å²) in [4.78, 5) is 0. The van der Waals surface area contributed by atoms with Crippen LogP contribution in [0, 0.1) is 12.3 Å². The molecule has 2 fully saturated rings. The fraction of sp³-hybridized carbons (Fsp3) is 0.500. The molecule has 0 aromatic heterocycles. The summed E-state index contributed by atoms with van der Waals surface area (Å²) in [7, 11) is 0. The average Bonchev–Trinajstić information content (AvgIpc) is 2.87. The minimum absolute atomic E-state index is 0.129. The van der Waals surface area contributed by atoms with E-state index in [1.54, 1.807) is 0 Å². The van der Waals surface area contributed by atoms with Crippen LogP contribution in [0.1, 0.15) is 24.8 Å². The van der Waals surface area contributed by atoms with Gasteiger partial charge in [0, 0.05) is 29.7 Å². The van der Waals surface area contributed by atoms with Gasteiger partial charge in [-0.2, -0.15) is 11.8 Å². The molecule has 2 nitrogen and oxygen atoms in total. The van der Waals surface area contributed by atoms with Gasteiger partial charge in [0.2, 0.25) is 0 Å². The van der Waals surface area contributed by atoms with Gasteiger partial charge in [0.15, 0.2) is 0 Å². The quantitative estimate of drug-likeness (QED) is 0.837. The molecule has 0 amide bonds. The van der Waals surface area contributed by atoms with Crippen molar-refractivity contribution in [3.05, 3.63) is 29.8 Å². The van der Waals surface area contributed by atoms with Crippen molar-refractivity contribution >= 4 is 17.4 Å². The lowest BCUT2D eigenvalue weighted by atomic mass is 9.89. The lowest BCUT2D eigenvalue weighted by Crippen LogP contribution is -2.44. The zero-order valence-corrected chi connectivity index (χ0v) is 11.8. The second kappa shape index (κ2) is 5.48. The van der Waals surface area contributed by atoms with Gasteiger partial charge >= 0.3 is 0 Å². The molecule has 1 aromatic carbocycles. The normalized spacial score (nSPS) is 30.2. The van der Waals surface area contributed by atoms with Crippen molar-refractivity contribution < 1.29 is 4.74 Å². The number of thioether (sulfide) groups is 1. The lowest BCUT2D eigenvalue weighted by molar-refractivity contribution is -0.0628. The van der Waals surface area contributed by atoms with Gasteiger partial charge in [-0.15, -0.1) is 6.42 Å². The number of benzene rings is 1. The van der Waals surface area contributed by atoms with Crippen LogP contribution < -0.4 is 5.32 Å². The summed E-state index contributed by atoms with van der Waals surface area (Å²) in [6, 6.07) is 8.61. The summed E-state index contributed by atoms with van der Waals surface area (Å²) in [6.45, 7) is 0.868. The standard InChI is InChI=1S/C16H19NOS/c1-2-13-4-3-5-14(10-13)17-15-6-8-18-16(11-15)7-9-19-12-16/h1,3-5,10,15,17H,6-9,11-12H2. The topological polar surface area (TPSA) is 21.3 Å². The monoisotopic (exact) mass is 273 g/mol. The smallest absolute Gasteiger partial charge is 0.0799 e. The molecule has 2 atom stereocenters. The largest absolute Gasteiger partial charge is 0.382 e. The molecule has 0 saturated carbocycles. The van der Waals surface area contributed by atoms with Crippen molar-refractivity contribution in [2.75, 3.05) is 23.4 Å². The fourth-order valence-corrected chi connectivity index (χ4v) is 4.33. The van der Waals surface area contributed by atoms with Crippen LogP contribution in [0.15, 0.2) is 24.3 Å². The Balaban J connectivity index is 1.67. The number of rotatable bonds is 2. The van der Waals surface area contributed by atoms with Crippen LogP contribution in [-0.2, 0) is 4.74 Å². The first kappa shape index (κ1) is 12.9. The fourth-order valence-electron chi connectivity index (χ4n) is 2.95. The Morgan fingerprint density at radius 1 is 1.47 bits per heavy atom. The van der Waals surface area contributed by atoms with E-state index in [0.717, 1.165) is 36.5 Å². The van der Waals surface area contributed by atoms with Gasteiger partial charge in [0.05, 0.1) is 5.60 Å². The van der Waals surface area contributed by atoms with Crippen molar-refractivity contribution in [2.45, 2.75) is 30.9 Å². The second-order valence-electron chi connectivity index (χ2n) is 5.39. The first-order valence-corrected chi connectivity index (χ1v) is 8.00. The maximum Gasteiger partial charge on any atom is 0.0799 e. The van der Waals surface area contributed by atoms with Crippen LogP contribution in [0.5, 0.6) is 0 Å². The van der Waals surface area contributed by atoms with E-state index in [2.05, 4.69) is 17.3 Å². The minimum atomic E-state index is 0.129. The van der Waals surface area contributed by atoms with Gasteiger partial charge in [0.25, 0.3) is 0 Å². The molecule has 2 aliphatic heterocycles. The van der Waals surface area contributed by atoms with E-state index in [-0.39, 0.29) is 5.60 Å². The molecule has 3 heteroatoms. The Labute approximate surface area is 119 Å². The maximum atomic E-state index is 6.05. The molecule has 1 spiro atoms. The van der Waals surface area contributed by atoms with E-state index in [4.69, 9.17) is 11.2 Å². The Kier molecular flexibility index (Phi) is 3.72. The minimum Gasteiger partial charge on any atom is -0.382 e. The highest BCUT2D eigenvalue weighted by atomic mass is 32.2. The summed E-state index contributed by atoms with van der Waals surface area (Å²) in [5, 5.41) is 3.62. The van der Waals surface area contributed by atoms with Gasteiger partial charge in [-0.05, 0) is 43.2 Å². The molecule has 1 N–H and O–H groups in total. The number of hydrogen-bond donors (Lipinski definition) is 1. The zero-order chi connectivity index (χ0) is 13.1. The van der Waals surface area contributed by atoms with Gasteiger partial charge in [-0.25, -0.2) is 0 Å². The second-order valence-corrected chi connectivity index (χ2v) is 6.50. The first-order chi connectivity index (χ1) is 9.30. The van der Waals surface area contributed by atoms with Crippen LogP contribution in [-0.4, -0.2) is 29.8 Å². The number of terminal acetylenes is 1. The Morgan fingerprint density at radius 3 is 3.21 bits per heavy atom. The maximum absolute atomic E-state index is 6.05. The number of hydrogen-bond acceptors (Lipinski definition) is 3. The van der Waals surface area contributed by atoms with E-state index >= 15 is 0 Å². The van der Waals surface area contributed by atoms with E-state index in [0.29, 0.717) is 6.04 Å². The molecule has 2 heterocycles. The molecule has 100 valence electrons. The predicted octanol–water partition coefficient (Wildman–Crippen LogP) is 3.13. The van der Waals surface area contributed by atoms with Crippen molar-refractivity contribution in [3.8, 4) is 12.3 Å². The summed E-state index contributed by atoms with van der Waals surface area (Å²) >= 11 is 2.01. The summed E-state index contributed by atoms with van der Waals surface area (Å²) in [6.07, 6.45) is 8.83. The Hall–Kier alpha value is -1.11. The molecule has 19 heavy (non-hydrogen) atoms. The van der Waals surface area contributed by atoms with Crippen LogP contribution in [0.2, 0.25) is 0 Å². The van der Waals surface area contributed by atoms with Gasteiger partial charge in [0.1, 0.15) is 0 Å². The van der Waals surface area contributed by atoms with Crippen molar-refractivity contribution in [2.24, 2.45) is 0 Å². The van der Waals surface area contributed by atoms with Crippen molar-refractivity contribution in [3.63, 3.8) is 0 Å². The van der Waals surface area contributed by atoms with Crippen LogP contribution in [0.3, 0.4) is 0 Å². The number of anilines is 1. The SMILES string of the molecule is C#Cc1cccc(NC2CCOC3(CCSC3)C2)c1. The number of nitrogens with one attached hydrogen (secondary N) is 1. The molecule has 1 aromatic rings. The Morgan fingerprint density at radius 2 is 2.42 bits per heavy atom. The van der Waals surface area contributed by atoms with Gasteiger partial charge in [-0.1, -0.05) is 12.0 Å². The zero-order valence-electron chi connectivity index (χ0n) is 11.0. The highest BCUT2D eigenvalue weighted by Gasteiger charge is 2.40. The van der Waals surface area contributed by atoms with Crippen LogP contribution in [0.4, 0.5) is 5.69 Å². The third-order valence-corrected chi connectivity index (χ3v) is 5.18. The molecule has 2 saturated heterocycles. The molecule has 2 aliphatic rings. The lowest BCUT2D eigenvalue weighted by Gasteiger charge is -2.38. The van der Waals surface area contributed by atoms with Crippen molar-refractivity contribution in [1.82, 2.24) is 0 Å². The average molecular weight is 273 g/mol. The Bertz CT molecular complexity index is 488. The summed E-state index contributed by atoms with van der Waals surface area (Å²) in [5.41, 5.74) is 2.19. The number of ether oxygens (including phenoxy) is 1. The van der Waals surface area contributed by atoms with E-state index in [1.165, 1.54) is 12.2 Å². The molecule has 2 unspecified atom stereocenters. The molecule has 0 aliphatic carbocycles. The highest BCUT2D eigenvalue weighted by Crippen LogP contribution is 2.38. The third kappa shape index (κ3) is 2.91. The van der Waals surface area contributed by atoms with E-state index in [1.807, 2.05) is 30.0 Å². The first-order valence-electron chi connectivity index (χ1n) is 6.85. The molecule has 3 rings (SSSR count). The molecule has 0 bridgehead atoms. The van der Waals surface area contributed by atoms with Crippen LogP contribution in [0.25, 0.3) is 0 Å². The third-order valence-electron chi connectivity index (χ3n) is 3.96.